The quantitative estimate of drug-likeness (QED) is 0.337. The molecule has 0 spiro atoms. The van der Waals surface area contributed by atoms with Gasteiger partial charge in [0.25, 0.3) is 0 Å². The largest absolute Gasteiger partial charge is 2.00 e. The van der Waals surface area contributed by atoms with Crippen molar-refractivity contribution in [3.05, 3.63) is 0 Å². The molecule has 0 aromatic carbocycles. The Morgan fingerprint density at radius 1 is 0.652 bits per heavy atom. The normalized spacial score (nSPS) is 10.0. The molecule has 0 saturated carbocycles. The van der Waals surface area contributed by atoms with Crippen molar-refractivity contribution in [2.45, 2.75) is 91.9 Å². The van der Waals surface area contributed by atoms with Crippen LogP contribution in [0.3, 0.4) is 0 Å². The van der Waals surface area contributed by atoms with Gasteiger partial charge in [0.1, 0.15) is 0 Å². The van der Waals surface area contributed by atoms with Crippen LogP contribution in [0.4, 0.5) is 0 Å². The van der Waals surface area contributed by atoms with Gasteiger partial charge in [-0.05, 0) is 37.5 Å². The first-order chi connectivity index (χ1) is 10.3. The summed E-state index contributed by atoms with van der Waals surface area (Å²) in [7, 11) is 0. The van der Waals surface area contributed by atoms with E-state index in [4.69, 9.17) is 0 Å². The summed E-state index contributed by atoms with van der Waals surface area (Å²) < 4.78 is 0. The van der Waals surface area contributed by atoms with E-state index >= 15 is 0 Å². The smallest absolute Gasteiger partial charge is 0.550 e. The third-order valence-electron chi connectivity index (χ3n) is 3.32. The van der Waals surface area contributed by atoms with Gasteiger partial charge in [-0.1, -0.05) is 66.2 Å². The van der Waals surface area contributed by atoms with Gasteiger partial charge in [0.15, 0.2) is 0 Å². The Morgan fingerprint density at radius 2 is 0.957 bits per heavy atom. The van der Waals surface area contributed by atoms with Crippen LogP contribution >= 0.6 is 0 Å². The predicted molar refractivity (Wildman–Crippen MR) is 91.6 cm³/mol. The molecule has 0 unspecified atom stereocenters. The van der Waals surface area contributed by atoms with Crippen molar-refractivity contribution >= 4 is 60.8 Å². The number of unbranched alkanes of at least 4 members (excludes halogenated alkanes) is 4. The molecule has 0 N–H and O–H groups in total. The molecule has 0 amide bonds. The summed E-state index contributed by atoms with van der Waals surface area (Å²) in [6.45, 7) is 8.72. The van der Waals surface area contributed by atoms with Crippen LogP contribution in [0.5, 0.6) is 0 Å². The SMILES string of the molecule is CC(C)CCCCCC(=O)[O-].CC(C)CCCCCC(=O)[O-].[Ba+2]. The second kappa shape index (κ2) is 20.6. The van der Waals surface area contributed by atoms with Crippen molar-refractivity contribution in [1.82, 2.24) is 0 Å². The topological polar surface area (TPSA) is 80.3 Å². The second-order valence-electron chi connectivity index (χ2n) is 6.73. The first-order valence-electron chi connectivity index (χ1n) is 8.65. The number of hydrogen-bond donors (Lipinski definition) is 0. The number of carboxylic acid groups (broad SMARTS) is 2. The zero-order valence-electron chi connectivity index (χ0n) is 15.6. The number of hydrogen-bond acceptors (Lipinski definition) is 4. The summed E-state index contributed by atoms with van der Waals surface area (Å²) in [4.78, 5) is 20.0. The van der Waals surface area contributed by atoms with Crippen LogP contribution in [0.2, 0.25) is 0 Å². The minimum Gasteiger partial charge on any atom is -0.550 e. The van der Waals surface area contributed by atoms with Gasteiger partial charge in [0.05, 0.1) is 0 Å². The summed E-state index contributed by atoms with van der Waals surface area (Å²) >= 11 is 0. The molecule has 0 aliphatic carbocycles. The zero-order valence-corrected chi connectivity index (χ0v) is 20.0. The van der Waals surface area contributed by atoms with Gasteiger partial charge >= 0.3 is 48.9 Å². The summed E-state index contributed by atoms with van der Waals surface area (Å²) in [5.41, 5.74) is 0. The third kappa shape index (κ3) is 34.7. The average molecular weight is 452 g/mol. The van der Waals surface area contributed by atoms with Crippen LogP contribution in [0.15, 0.2) is 0 Å². The molecule has 0 fully saturated rings. The van der Waals surface area contributed by atoms with Crippen LogP contribution in [0, 0.1) is 11.8 Å². The predicted octanol–water partition coefficient (Wildman–Crippen LogP) is 2.30. The Balaban J connectivity index is -0.000000333. The van der Waals surface area contributed by atoms with Crippen molar-refractivity contribution < 1.29 is 19.8 Å². The Hall–Kier alpha value is 0.511. The van der Waals surface area contributed by atoms with E-state index in [0.29, 0.717) is 0 Å². The monoisotopic (exact) mass is 452 g/mol. The van der Waals surface area contributed by atoms with E-state index in [1.165, 1.54) is 12.8 Å². The number of carbonyl (C=O) groups is 2. The van der Waals surface area contributed by atoms with Crippen molar-refractivity contribution in [3.8, 4) is 0 Å². The molecular formula is C18H34BaO4. The van der Waals surface area contributed by atoms with Crippen molar-refractivity contribution in [2.24, 2.45) is 11.8 Å². The maximum atomic E-state index is 9.99. The van der Waals surface area contributed by atoms with Crippen molar-refractivity contribution in [1.29, 1.82) is 0 Å². The van der Waals surface area contributed by atoms with Crippen LogP contribution in [0.25, 0.3) is 0 Å². The number of rotatable bonds is 12. The van der Waals surface area contributed by atoms with E-state index in [1.807, 2.05) is 0 Å². The minimum atomic E-state index is -0.922. The fourth-order valence-corrected chi connectivity index (χ4v) is 2.00. The minimum absolute atomic E-state index is 0. The van der Waals surface area contributed by atoms with Crippen LogP contribution in [-0.4, -0.2) is 60.8 Å². The van der Waals surface area contributed by atoms with Gasteiger partial charge in [0.2, 0.25) is 0 Å². The maximum Gasteiger partial charge on any atom is 2.00 e. The summed E-state index contributed by atoms with van der Waals surface area (Å²) in [5, 5.41) is 20.0. The van der Waals surface area contributed by atoms with Crippen molar-refractivity contribution in [3.63, 3.8) is 0 Å². The number of aliphatic carboxylic acids is 2. The summed E-state index contributed by atoms with van der Waals surface area (Å²) in [6, 6.07) is 0. The molecule has 0 bridgehead atoms. The van der Waals surface area contributed by atoms with E-state index < -0.39 is 11.9 Å². The van der Waals surface area contributed by atoms with Crippen LogP contribution < -0.4 is 10.2 Å². The van der Waals surface area contributed by atoms with Gasteiger partial charge in [-0.15, -0.1) is 0 Å². The van der Waals surface area contributed by atoms with E-state index in [0.717, 1.165) is 50.4 Å². The fraction of sp³-hybridized carbons (Fsp3) is 0.889. The molecule has 0 aromatic rings. The first-order valence-corrected chi connectivity index (χ1v) is 8.65. The fourth-order valence-electron chi connectivity index (χ4n) is 2.00. The molecule has 0 heterocycles. The molecule has 4 nitrogen and oxygen atoms in total. The maximum absolute atomic E-state index is 9.99. The molecule has 0 rings (SSSR count). The van der Waals surface area contributed by atoms with Gasteiger partial charge in [-0.3, -0.25) is 0 Å². The van der Waals surface area contributed by atoms with E-state index in [-0.39, 0.29) is 61.7 Å². The second-order valence-corrected chi connectivity index (χ2v) is 6.73. The van der Waals surface area contributed by atoms with Gasteiger partial charge in [-0.25, -0.2) is 0 Å². The molecule has 5 heteroatoms. The van der Waals surface area contributed by atoms with Gasteiger partial charge in [-0.2, -0.15) is 0 Å². The molecule has 0 radical (unpaired) electrons. The van der Waals surface area contributed by atoms with E-state index in [2.05, 4.69) is 27.7 Å². The van der Waals surface area contributed by atoms with Gasteiger partial charge in [0, 0.05) is 11.9 Å². The van der Waals surface area contributed by atoms with Crippen LogP contribution in [-0.2, 0) is 9.59 Å². The molecule has 0 aliphatic heterocycles. The average Bonchev–Trinajstić information content (AvgIpc) is 2.37. The molecule has 23 heavy (non-hydrogen) atoms. The van der Waals surface area contributed by atoms with Gasteiger partial charge < -0.3 is 19.8 Å². The molecular weight excluding hydrogens is 418 g/mol. The standard InChI is InChI=1S/2C9H18O2.Ba/c2*1-8(2)6-4-3-5-7-9(10)11;/h2*8H,3-7H2,1-2H3,(H,10,11);/q;;+2/p-2. The Morgan fingerprint density at radius 3 is 1.17 bits per heavy atom. The van der Waals surface area contributed by atoms with Crippen LogP contribution in [0.1, 0.15) is 91.9 Å². The zero-order chi connectivity index (χ0) is 17.4. The Kier molecular flexibility index (Phi) is 25.3. The Labute approximate surface area is 182 Å². The molecule has 0 aromatic heterocycles. The first kappa shape index (κ1) is 28.3. The molecule has 0 saturated heterocycles. The molecule has 0 aliphatic rings. The third-order valence-corrected chi connectivity index (χ3v) is 3.32. The molecule has 132 valence electrons. The van der Waals surface area contributed by atoms with E-state index in [1.54, 1.807) is 0 Å². The molecule has 0 atom stereocenters. The summed E-state index contributed by atoms with van der Waals surface area (Å²) in [5.74, 6) is -0.375. The Bertz CT molecular complexity index is 250. The summed E-state index contributed by atoms with van der Waals surface area (Å²) in [6.07, 6.45) is 8.72. The van der Waals surface area contributed by atoms with E-state index in [9.17, 15) is 19.8 Å². The number of carboxylic acids is 2. The number of carbonyl (C=O) groups excluding carboxylic acids is 2. The van der Waals surface area contributed by atoms with Crippen molar-refractivity contribution in [2.75, 3.05) is 0 Å².